The van der Waals surface area contributed by atoms with Gasteiger partial charge in [0.05, 0.1) is 6.04 Å². The maximum atomic E-state index is 12.2. The molecule has 0 saturated heterocycles. The van der Waals surface area contributed by atoms with Crippen LogP contribution in [0.1, 0.15) is 20.3 Å². The first-order valence-corrected chi connectivity index (χ1v) is 3.75. The zero-order valence-electron chi connectivity index (χ0n) is 6.93. The predicted molar refractivity (Wildman–Crippen MR) is 41.8 cm³/mol. The molecule has 0 rings (SSSR count). The van der Waals surface area contributed by atoms with Crippen molar-refractivity contribution in [3.8, 4) is 0 Å². The molecular weight excluding hydrogens is 147 g/mol. The number of nitrogens with one attached hydrogen (secondary N) is 1. The van der Waals surface area contributed by atoms with Gasteiger partial charge < -0.3 is 11.1 Å². The largest absolute Gasteiger partial charge is 0.352 e. The molecule has 3 N–H and O–H groups in total. The van der Waals surface area contributed by atoms with Gasteiger partial charge in [-0.2, -0.15) is 0 Å². The van der Waals surface area contributed by atoms with Gasteiger partial charge in [0.2, 0.25) is 5.91 Å². The lowest BCUT2D eigenvalue weighted by atomic mass is 10.2. The molecule has 4 heteroatoms. The van der Waals surface area contributed by atoms with Gasteiger partial charge in [-0.15, -0.1) is 0 Å². The highest BCUT2D eigenvalue weighted by Gasteiger charge is 2.10. The molecule has 0 aromatic carbocycles. The minimum atomic E-state index is -1.01. The Labute approximate surface area is 66.1 Å². The summed E-state index contributed by atoms with van der Waals surface area (Å²) in [5, 5.41) is 2.39. The van der Waals surface area contributed by atoms with E-state index in [1.165, 1.54) is 6.92 Å². The lowest BCUT2D eigenvalue weighted by molar-refractivity contribution is -0.122. The highest BCUT2D eigenvalue weighted by atomic mass is 19.1. The topological polar surface area (TPSA) is 55.1 Å². The SMILES string of the molecule is CCC(N)C(=O)NCC(C)F. The fourth-order valence-corrected chi connectivity index (χ4v) is 0.558. The summed E-state index contributed by atoms with van der Waals surface area (Å²) in [6.07, 6.45) is -0.435. The lowest BCUT2D eigenvalue weighted by Crippen LogP contribution is -2.41. The fourth-order valence-electron chi connectivity index (χ4n) is 0.558. The summed E-state index contributed by atoms with van der Waals surface area (Å²) in [5.74, 6) is -0.281. The molecule has 0 aliphatic heterocycles. The first-order valence-electron chi connectivity index (χ1n) is 3.75. The van der Waals surface area contributed by atoms with Gasteiger partial charge in [0.25, 0.3) is 0 Å². The van der Waals surface area contributed by atoms with E-state index in [9.17, 15) is 9.18 Å². The van der Waals surface area contributed by atoms with Crippen molar-refractivity contribution in [2.75, 3.05) is 6.54 Å². The molecule has 0 aromatic rings. The Kier molecular flexibility index (Phi) is 4.77. The maximum Gasteiger partial charge on any atom is 0.237 e. The van der Waals surface area contributed by atoms with E-state index in [2.05, 4.69) is 5.32 Å². The van der Waals surface area contributed by atoms with E-state index in [-0.39, 0.29) is 12.5 Å². The average Bonchev–Trinajstić information content (AvgIpc) is 1.98. The van der Waals surface area contributed by atoms with Crippen molar-refractivity contribution in [1.82, 2.24) is 5.32 Å². The van der Waals surface area contributed by atoms with Gasteiger partial charge in [-0.1, -0.05) is 6.92 Å². The average molecular weight is 162 g/mol. The maximum absolute atomic E-state index is 12.2. The van der Waals surface area contributed by atoms with Crippen LogP contribution < -0.4 is 11.1 Å². The smallest absolute Gasteiger partial charge is 0.237 e. The van der Waals surface area contributed by atoms with Gasteiger partial charge in [-0.05, 0) is 13.3 Å². The second-order valence-electron chi connectivity index (χ2n) is 2.54. The molecule has 0 spiro atoms. The quantitative estimate of drug-likeness (QED) is 0.620. The molecule has 0 aliphatic carbocycles. The molecule has 2 unspecified atom stereocenters. The molecule has 2 atom stereocenters. The van der Waals surface area contributed by atoms with Crippen molar-refractivity contribution in [2.24, 2.45) is 5.73 Å². The van der Waals surface area contributed by atoms with Crippen LogP contribution >= 0.6 is 0 Å². The van der Waals surface area contributed by atoms with Gasteiger partial charge in [0.15, 0.2) is 0 Å². The van der Waals surface area contributed by atoms with Crippen molar-refractivity contribution in [1.29, 1.82) is 0 Å². The first kappa shape index (κ1) is 10.4. The van der Waals surface area contributed by atoms with Gasteiger partial charge in [0, 0.05) is 6.54 Å². The minimum Gasteiger partial charge on any atom is -0.352 e. The van der Waals surface area contributed by atoms with Crippen molar-refractivity contribution in [3.05, 3.63) is 0 Å². The van der Waals surface area contributed by atoms with Crippen molar-refractivity contribution in [3.63, 3.8) is 0 Å². The Morgan fingerprint density at radius 1 is 1.73 bits per heavy atom. The summed E-state index contributed by atoms with van der Waals surface area (Å²) < 4.78 is 12.2. The highest BCUT2D eigenvalue weighted by Crippen LogP contribution is 1.88. The zero-order chi connectivity index (χ0) is 8.85. The zero-order valence-corrected chi connectivity index (χ0v) is 6.93. The Bertz CT molecular complexity index is 128. The van der Waals surface area contributed by atoms with Crippen molar-refractivity contribution < 1.29 is 9.18 Å². The van der Waals surface area contributed by atoms with Crippen LogP contribution in [0.4, 0.5) is 4.39 Å². The first-order chi connectivity index (χ1) is 5.07. The number of rotatable bonds is 4. The number of nitrogens with two attached hydrogens (primary N) is 1. The normalized spacial score (nSPS) is 15.6. The van der Waals surface area contributed by atoms with Gasteiger partial charge in [0.1, 0.15) is 6.17 Å². The summed E-state index contributed by atoms with van der Waals surface area (Å²) >= 11 is 0. The van der Waals surface area contributed by atoms with E-state index in [4.69, 9.17) is 5.73 Å². The number of carbonyl (C=O) groups is 1. The molecule has 0 bridgehead atoms. The van der Waals surface area contributed by atoms with E-state index in [0.29, 0.717) is 6.42 Å². The van der Waals surface area contributed by atoms with Crippen molar-refractivity contribution >= 4 is 5.91 Å². The van der Waals surface area contributed by atoms with Gasteiger partial charge >= 0.3 is 0 Å². The summed E-state index contributed by atoms with van der Waals surface area (Å²) in [6.45, 7) is 3.24. The molecule has 0 fully saturated rings. The Morgan fingerprint density at radius 3 is 2.64 bits per heavy atom. The second-order valence-corrected chi connectivity index (χ2v) is 2.54. The molecule has 0 heterocycles. The van der Waals surface area contributed by atoms with E-state index in [1.807, 2.05) is 6.92 Å². The van der Waals surface area contributed by atoms with E-state index in [1.54, 1.807) is 0 Å². The van der Waals surface area contributed by atoms with Crippen LogP contribution in [0.2, 0.25) is 0 Å². The number of alkyl halides is 1. The third-order valence-electron chi connectivity index (χ3n) is 1.33. The molecule has 3 nitrogen and oxygen atoms in total. The van der Waals surface area contributed by atoms with Crippen LogP contribution in [-0.2, 0) is 4.79 Å². The molecule has 0 saturated carbocycles. The molecule has 0 radical (unpaired) electrons. The number of hydrogen-bond donors (Lipinski definition) is 2. The summed E-state index contributed by atoms with van der Waals surface area (Å²) in [4.78, 5) is 10.9. The predicted octanol–water partition coefficient (Wildman–Crippen LogP) is 0.198. The Morgan fingerprint density at radius 2 is 2.27 bits per heavy atom. The monoisotopic (exact) mass is 162 g/mol. The van der Waals surface area contributed by atoms with Crippen LogP contribution in [0.25, 0.3) is 0 Å². The third-order valence-corrected chi connectivity index (χ3v) is 1.33. The standard InChI is InChI=1S/C7H15FN2O/c1-3-6(9)7(11)10-4-5(2)8/h5-6H,3-4,9H2,1-2H3,(H,10,11). The van der Waals surface area contributed by atoms with Crippen LogP contribution in [0.15, 0.2) is 0 Å². The second kappa shape index (κ2) is 5.07. The number of carbonyl (C=O) groups excluding carboxylic acids is 1. The van der Waals surface area contributed by atoms with E-state index < -0.39 is 12.2 Å². The summed E-state index contributed by atoms with van der Waals surface area (Å²) in [5.41, 5.74) is 5.37. The van der Waals surface area contributed by atoms with E-state index >= 15 is 0 Å². The minimum absolute atomic E-state index is 0.0481. The molecule has 0 aromatic heterocycles. The lowest BCUT2D eigenvalue weighted by Gasteiger charge is -2.09. The summed E-state index contributed by atoms with van der Waals surface area (Å²) in [7, 11) is 0. The van der Waals surface area contributed by atoms with Crippen molar-refractivity contribution in [2.45, 2.75) is 32.5 Å². The Hall–Kier alpha value is -0.640. The van der Waals surface area contributed by atoms with Crippen LogP contribution in [0.3, 0.4) is 0 Å². The van der Waals surface area contributed by atoms with Crippen LogP contribution in [0.5, 0.6) is 0 Å². The summed E-state index contributed by atoms with van der Waals surface area (Å²) in [6, 6.07) is -0.506. The van der Waals surface area contributed by atoms with E-state index in [0.717, 1.165) is 0 Å². The molecule has 66 valence electrons. The number of hydrogen-bond acceptors (Lipinski definition) is 2. The molecule has 1 amide bonds. The van der Waals surface area contributed by atoms with Crippen LogP contribution in [-0.4, -0.2) is 24.7 Å². The number of amides is 1. The molecular formula is C7H15FN2O. The molecule has 11 heavy (non-hydrogen) atoms. The van der Waals surface area contributed by atoms with Gasteiger partial charge in [-0.3, -0.25) is 4.79 Å². The highest BCUT2D eigenvalue weighted by molar-refractivity contribution is 5.81. The Balaban J connectivity index is 3.52. The third kappa shape index (κ3) is 4.72. The molecule has 0 aliphatic rings. The fraction of sp³-hybridized carbons (Fsp3) is 0.857. The van der Waals surface area contributed by atoms with Gasteiger partial charge in [-0.25, -0.2) is 4.39 Å². The number of halogens is 1. The van der Waals surface area contributed by atoms with Crippen LogP contribution in [0, 0.1) is 0 Å².